The van der Waals surface area contributed by atoms with Crippen molar-refractivity contribution in [1.82, 2.24) is 14.7 Å². The highest BCUT2D eigenvalue weighted by atomic mass is 127. The monoisotopic (exact) mass is 620 g/mol. The number of aryl methyl sites for hydroxylation is 1. The van der Waals surface area contributed by atoms with Gasteiger partial charge < -0.3 is 10.1 Å². The average molecular weight is 620 g/mol. The van der Waals surface area contributed by atoms with E-state index in [9.17, 15) is 13.4 Å². The van der Waals surface area contributed by atoms with Gasteiger partial charge >= 0.3 is 0 Å². The largest absolute Gasteiger partial charge is 0.499 e. The van der Waals surface area contributed by atoms with Crippen LogP contribution in [0.4, 0.5) is 15.8 Å². The molecule has 2 N–H and O–H groups in total. The Morgan fingerprint density at radius 1 is 1.19 bits per heavy atom. The fourth-order valence-corrected chi connectivity index (χ4v) is 4.85. The Morgan fingerprint density at radius 3 is 2.69 bits per heavy atom. The molecule has 1 heterocycles. The summed E-state index contributed by atoms with van der Waals surface area (Å²) in [6, 6.07) is 15.2. The van der Waals surface area contributed by atoms with Gasteiger partial charge in [-0.25, -0.2) is 14.1 Å². The van der Waals surface area contributed by atoms with Crippen LogP contribution >= 0.6 is 22.6 Å². The first-order chi connectivity index (χ1) is 17.4. The van der Waals surface area contributed by atoms with Crippen LogP contribution < -0.4 is 10.8 Å². The van der Waals surface area contributed by atoms with Gasteiger partial charge in [-0.1, -0.05) is 24.3 Å². The van der Waals surface area contributed by atoms with Gasteiger partial charge in [0, 0.05) is 8.96 Å². The first kappa shape index (κ1) is 25.8. The van der Waals surface area contributed by atoms with Crippen LogP contribution in [0.2, 0.25) is 0 Å². The lowest BCUT2D eigenvalue weighted by atomic mass is 10.1. The Hall–Kier alpha value is -3.29. The topological polar surface area (TPSA) is 94.5 Å². The Balaban J connectivity index is 1.73. The molecule has 0 aliphatic rings. The van der Waals surface area contributed by atoms with E-state index in [1.165, 1.54) is 22.6 Å². The van der Waals surface area contributed by atoms with Crippen LogP contribution in [0.25, 0.3) is 10.9 Å². The summed E-state index contributed by atoms with van der Waals surface area (Å²) in [6.07, 6.45) is 2.76. The van der Waals surface area contributed by atoms with Gasteiger partial charge in [-0.05, 0) is 72.0 Å². The van der Waals surface area contributed by atoms with Gasteiger partial charge in [-0.2, -0.15) is 9.19 Å². The summed E-state index contributed by atoms with van der Waals surface area (Å²) < 4.78 is 35.0. The molecule has 0 aliphatic heterocycles. The van der Waals surface area contributed by atoms with Crippen LogP contribution in [0.15, 0.2) is 78.5 Å². The number of carbonyl (C=O) groups is 1. The van der Waals surface area contributed by atoms with E-state index in [1.54, 1.807) is 36.4 Å². The van der Waals surface area contributed by atoms with Crippen molar-refractivity contribution in [3.05, 3.63) is 94.1 Å². The van der Waals surface area contributed by atoms with E-state index >= 15 is 0 Å². The molecular formula is C25H22FIN4O4S. The van der Waals surface area contributed by atoms with Gasteiger partial charge in [-0.15, -0.1) is 0 Å². The lowest BCUT2D eigenvalue weighted by Gasteiger charge is -2.15. The van der Waals surface area contributed by atoms with E-state index in [4.69, 9.17) is 9.57 Å². The lowest BCUT2D eigenvalue weighted by molar-refractivity contribution is 0.0145. The molecule has 0 radical (unpaired) electrons. The van der Waals surface area contributed by atoms with E-state index in [0.717, 1.165) is 9.13 Å². The summed E-state index contributed by atoms with van der Waals surface area (Å²) in [4.78, 5) is 18.7. The number of nitrogens with one attached hydrogen (secondary N) is 2. The third kappa shape index (κ3) is 5.74. The number of carbonyl (C=O) groups excluding carboxylic acids is 1. The van der Waals surface area contributed by atoms with E-state index in [2.05, 4.69) is 22.5 Å². The van der Waals surface area contributed by atoms with Crippen molar-refractivity contribution in [3.63, 3.8) is 0 Å². The van der Waals surface area contributed by atoms with Crippen LogP contribution in [-0.2, 0) is 20.6 Å². The van der Waals surface area contributed by atoms with E-state index < -0.39 is 22.7 Å². The number of nitrogens with zero attached hydrogens (tertiary/aromatic N) is 2. The molecule has 0 aliphatic carbocycles. The quantitative estimate of drug-likeness (QED) is 0.109. The van der Waals surface area contributed by atoms with Gasteiger partial charge in [0.05, 0.1) is 39.8 Å². The smallest absolute Gasteiger partial charge is 0.276 e. The number of benzene rings is 3. The van der Waals surface area contributed by atoms with E-state index in [0.29, 0.717) is 21.5 Å². The molecule has 1 amide bonds. The van der Waals surface area contributed by atoms with Crippen LogP contribution in [0.5, 0.6) is 0 Å². The molecule has 4 aromatic rings. The third-order valence-corrected chi connectivity index (χ3v) is 7.07. The number of hydrogen-bond donors (Lipinski definition) is 2. The Kier molecular flexibility index (Phi) is 8.33. The van der Waals surface area contributed by atoms with Gasteiger partial charge in [0.25, 0.3) is 5.91 Å². The van der Waals surface area contributed by atoms with Gasteiger partial charge in [0.15, 0.2) is 11.0 Å². The van der Waals surface area contributed by atoms with Crippen molar-refractivity contribution in [1.29, 1.82) is 0 Å². The summed E-state index contributed by atoms with van der Waals surface area (Å²) >= 11 is 2.02. The van der Waals surface area contributed by atoms with Crippen LogP contribution in [0.1, 0.15) is 15.9 Å². The zero-order valence-corrected chi connectivity index (χ0v) is 22.1. The number of ether oxygens (including phenoxy) is 1. The second-order valence-corrected chi connectivity index (χ2v) is 10.1. The molecule has 36 heavy (non-hydrogen) atoms. The standard InChI is InChI=1S/C25H22FIN4O4S/c1-3-34-12-13-35-30-25(32)19-9-11-23-20(24(19)29-22-10-6-17(27)14-21(22)26)15-28-31(23)36(33)18-7-4-16(2)5-8-18/h3-11,14-15,29H,1,12-13H2,2H3,(H,30,32). The second-order valence-electron chi connectivity index (χ2n) is 7.57. The molecule has 0 bridgehead atoms. The zero-order chi connectivity index (χ0) is 25.7. The minimum Gasteiger partial charge on any atom is -0.499 e. The zero-order valence-electron chi connectivity index (χ0n) is 19.2. The summed E-state index contributed by atoms with van der Waals surface area (Å²) in [5.74, 6) is -1.05. The first-order valence-electron chi connectivity index (χ1n) is 10.8. The van der Waals surface area contributed by atoms with Gasteiger partial charge in [-0.3, -0.25) is 9.63 Å². The normalized spacial score (nSPS) is 11.8. The predicted molar refractivity (Wildman–Crippen MR) is 145 cm³/mol. The molecule has 1 unspecified atom stereocenters. The number of fused-ring (bicyclic) bond motifs is 1. The number of hydrogen-bond acceptors (Lipinski definition) is 6. The summed E-state index contributed by atoms with van der Waals surface area (Å²) in [5.41, 5.74) is 4.55. The van der Waals surface area contributed by atoms with Crippen molar-refractivity contribution in [2.45, 2.75) is 11.8 Å². The van der Waals surface area contributed by atoms with E-state index in [1.807, 2.05) is 41.6 Å². The predicted octanol–water partition coefficient (Wildman–Crippen LogP) is 5.22. The van der Waals surface area contributed by atoms with E-state index in [-0.39, 0.29) is 24.5 Å². The summed E-state index contributed by atoms with van der Waals surface area (Å²) in [6.45, 7) is 5.69. The molecule has 0 spiro atoms. The molecule has 3 aromatic carbocycles. The maximum atomic E-state index is 14.7. The van der Waals surface area contributed by atoms with Crippen molar-refractivity contribution in [2.24, 2.45) is 0 Å². The maximum absolute atomic E-state index is 14.7. The molecule has 0 fully saturated rings. The van der Waals surface area contributed by atoms with Crippen LogP contribution in [0, 0.1) is 16.3 Å². The lowest BCUT2D eigenvalue weighted by Crippen LogP contribution is -2.26. The first-order valence-corrected chi connectivity index (χ1v) is 12.9. The highest BCUT2D eigenvalue weighted by Crippen LogP contribution is 2.32. The van der Waals surface area contributed by atoms with Gasteiger partial charge in [0.1, 0.15) is 19.0 Å². The molecule has 8 nitrogen and oxygen atoms in total. The Labute approximate surface area is 223 Å². The SMILES string of the molecule is C=COCCONC(=O)c1ccc2c(cnn2S(=O)c2ccc(C)cc2)c1Nc1ccc(I)cc1F. The molecule has 1 atom stereocenters. The number of halogens is 2. The van der Waals surface area contributed by atoms with Crippen molar-refractivity contribution >= 4 is 61.8 Å². The average Bonchev–Trinajstić information content (AvgIpc) is 3.30. The number of anilines is 2. The number of aromatic nitrogens is 2. The maximum Gasteiger partial charge on any atom is 0.276 e. The van der Waals surface area contributed by atoms with Crippen LogP contribution in [0.3, 0.4) is 0 Å². The fourth-order valence-electron chi connectivity index (χ4n) is 3.36. The van der Waals surface area contributed by atoms with Gasteiger partial charge in [0.2, 0.25) is 0 Å². The molecule has 4 rings (SSSR count). The molecule has 11 heteroatoms. The van der Waals surface area contributed by atoms with Crippen molar-refractivity contribution in [3.8, 4) is 0 Å². The highest BCUT2D eigenvalue weighted by molar-refractivity contribution is 14.1. The van der Waals surface area contributed by atoms with Crippen LogP contribution in [-0.4, -0.2) is 32.5 Å². The Bertz CT molecular complexity index is 1440. The third-order valence-electron chi connectivity index (χ3n) is 5.12. The molecule has 0 saturated carbocycles. The minimum absolute atomic E-state index is 0.0992. The minimum atomic E-state index is -1.63. The second kappa shape index (κ2) is 11.6. The molecular weight excluding hydrogens is 598 g/mol. The Morgan fingerprint density at radius 2 is 1.97 bits per heavy atom. The van der Waals surface area contributed by atoms with Crippen molar-refractivity contribution in [2.75, 3.05) is 18.5 Å². The highest BCUT2D eigenvalue weighted by Gasteiger charge is 2.21. The number of rotatable bonds is 10. The van der Waals surface area contributed by atoms with Crippen molar-refractivity contribution < 1.29 is 23.0 Å². The fraction of sp³-hybridized carbons (Fsp3) is 0.120. The molecule has 0 saturated heterocycles. The molecule has 1 aromatic heterocycles. The number of amides is 1. The summed E-state index contributed by atoms with van der Waals surface area (Å²) in [7, 11) is -1.63. The number of hydroxylamine groups is 1. The molecule has 186 valence electrons. The summed E-state index contributed by atoms with van der Waals surface area (Å²) in [5, 5.41) is 7.82.